The van der Waals surface area contributed by atoms with E-state index >= 15 is 0 Å². The van der Waals surface area contributed by atoms with Crippen LogP contribution in [-0.4, -0.2) is 9.38 Å². The van der Waals surface area contributed by atoms with Gasteiger partial charge in [-0.2, -0.15) is 0 Å². The third-order valence-electron chi connectivity index (χ3n) is 2.86. The van der Waals surface area contributed by atoms with Gasteiger partial charge in [0, 0.05) is 30.2 Å². The van der Waals surface area contributed by atoms with E-state index in [1.807, 2.05) is 42.7 Å². The number of pyridine rings is 1. The van der Waals surface area contributed by atoms with Crippen molar-refractivity contribution in [2.45, 2.75) is 6.42 Å². The molecule has 1 aromatic carbocycles. The van der Waals surface area contributed by atoms with Crippen LogP contribution in [-0.2, 0) is 6.42 Å². The van der Waals surface area contributed by atoms with E-state index < -0.39 is 0 Å². The summed E-state index contributed by atoms with van der Waals surface area (Å²) in [6, 6.07) is 14.0. The second-order valence-electron chi connectivity index (χ2n) is 4.10. The Balaban J connectivity index is 1.97. The summed E-state index contributed by atoms with van der Waals surface area (Å²) in [4.78, 5) is 4.37. The van der Waals surface area contributed by atoms with Gasteiger partial charge in [-0.15, -0.1) is 0 Å². The first-order chi connectivity index (χ1) is 8.33. The molecule has 3 aromatic rings. The van der Waals surface area contributed by atoms with Gasteiger partial charge in [-0.1, -0.05) is 18.2 Å². The molecule has 3 heteroatoms. The third-order valence-corrected chi connectivity index (χ3v) is 2.86. The number of hydrogen-bond acceptors (Lipinski definition) is 2. The number of aromatic nitrogens is 2. The highest BCUT2D eigenvalue weighted by atomic mass is 15.0. The average Bonchev–Trinajstić information content (AvgIpc) is 2.76. The lowest BCUT2D eigenvalue weighted by Gasteiger charge is -2.02. The summed E-state index contributed by atoms with van der Waals surface area (Å²) >= 11 is 0. The summed E-state index contributed by atoms with van der Waals surface area (Å²) in [5, 5.41) is 0. The molecule has 0 bridgehead atoms. The van der Waals surface area contributed by atoms with Crippen LogP contribution in [0.25, 0.3) is 5.65 Å². The van der Waals surface area contributed by atoms with Crippen LogP contribution in [0.3, 0.4) is 0 Å². The second-order valence-corrected chi connectivity index (χ2v) is 4.10. The molecule has 0 aliphatic heterocycles. The maximum Gasteiger partial charge on any atom is 0.136 e. The molecular formula is C14H13N3. The largest absolute Gasteiger partial charge is 0.399 e. The van der Waals surface area contributed by atoms with Gasteiger partial charge in [0.05, 0.1) is 0 Å². The SMILES string of the molecule is Nc1ccc(Cc2cnc3ccccn23)cc1. The van der Waals surface area contributed by atoms with Gasteiger partial charge in [0.25, 0.3) is 0 Å². The van der Waals surface area contributed by atoms with Gasteiger partial charge in [0.1, 0.15) is 5.65 Å². The molecule has 3 nitrogen and oxygen atoms in total. The normalized spacial score (nSPS) is 10.8. The quantitative estimate of drug-likeness (QED) is 0.678. The van der Waals surface area contributed by atoms with Crippen LogP contribution in [0.5, 0.6) is 0 Å². The molecule has 3 rings (SSSR count). The van der Waals surface area contributed by atoms with Gasteiger partial charge >= 0.3 is 0 Å². The molecule has 0 atom stereocenters. The monoisotopic (exact) mass is 223 g/mol. The van der Waals surface area contributed by atoms with Crippen molar-refractivity contribution < 1.29 is 0 Å². The Morgan fingerprint density at radius 3 is 2.71 bits per heavy atom. The van der Waals surface area contributed by atoms with Crippen molar-refractivity contribution in [3.63, 3.8) is 0 Å². The molecule has 0 aliphatic rings. The molecule has 0 saturated heterocycles. The molecule has 0 spiro atoms. The smallest absolute Gasteiger partial charge is 0.136 e. The van der Waals surface area contributed by atoms with E-state index in [1.165, 1.54) is 11.3 Å². The van der Waals surface area contributed by atoms with Crippen molar-refractivity contribution >= 4 is 11.3 Å². The molecule has 2 N–H and O–H groups in total. The number of benzene rings is 1. The van der Waals surface area contributed by atoms with Gasteiger partial charge in [0.2, 0.25) is 0 Å². The van der Waals surface area contributed by atoms with Crippen LogP contribution in [0, 0.1) is 0 Å². The topological polar surface area (TPSA) is 43.3 Å². The number of fused-ring (bicyclic) bond motifs is 1. The van der Waals surface area contributed by atoms with Crippen LogP contribution in [0.2, 0.25) is 0 Å². The maximum absolute atomic E-state index is 5.67. The van der Waals surface area contributed by atoms with E-state index in [9.17, 15) is 0 Å². The number of anilines is 1. The van der Waals surface area contributed by atoms with E-state index in [-0.39, 0.29) is 0 Å². The Hall–Kier alpha value is -2.29. The van der Waals surface area contributed by atoms with Crippen LogP contribution >= 0.6 is 0 Å². The fourth-order valence-electron chi connectivity index (χ4n) is 1.96. The lowest BCUT2D eigenvalue weighted by molar-refractivity contribution is 1.03. The zero-order valence-electron chi connectivity index (χ0n) is 9.38. The van der Waals surface area contributed by atoms with Gasteiger partial charge in [0.15, 0.2) is 0 Å². The summed E-state index contributed by atoms with van der Waals surface area (Å²) in [7, 11) is 0. The van der Waals surface area contributed by atoms with Crippen LogP contribution in [0.1, 0.15) is 11.3 Å². The summed E-state index contributed by atoms with van der Waals surface area (Å²) in [5.74, 6) is 0. The van der Waals surface area contributed by atoms with Gasteiger partial charge in [-0.3, -0.25) is 0 Å². The molecular weight excluding hydrogens is 210 g/mol. The number of nitrogens with zero attached hydrogens (tertiary/aromatic N) is 2. The predicted molar refractivity (Wildman–Crippen MR) is 68.9 cm³/mol. The Morgan fingerprint density at radius 2 is 1.88 bits per heavy atom. The Morgan fingerprint density at radius 1 is 1.06 bits per heavy atom. The summed E-state index contributed by atoms with van der Waals surface area (Å²) in [6.07, 6.45) is 4.83. The molecule has 0 unspecified atom stereocenters. The van der Waals surface area contributed by atoms with E-state index in [0.29, 0.717) is 0 Å². The van der Waals surface area contributed by atoms with Crippen molar-refractivity contribution in [2.24, 2.45) is 0 Å². The van der Waals surface area contributed by atoms with E-state index in [4.69, 9.17) is 5.73 Å². The van der Waals surface area contributed by atoms with Crippen LogP contribution in [0.15, 0.2) is 54.9 Å². The minimum Gasteiger partial charge on any atom is -0.399 e. The molecule has 0 amide bonds. The standard InChI is InChI=1S/C14H13N3/c15-12-6-4-11(5-7-12)9-13-10-16-14-3-1-2-8-17(13)14/h1-8,10H,9,15H2. The number of nitrogens with two attached hydrogens (primary N) is 1. The highest BCUT2D eigenvalue weighted by molar-refractivity contribution is 5.43. The second kappa shape index (κ2) is 3.94. The molecule has 2 aromatic heterocycles. The molecule has 2 heterocycles. The zero-order chi connectivity index (χ0) is 11.7. The highest BCUT2D eigenvalue weighted by Crippen LogP contribution is 2.13. The van der Waals surface area contributed by atoms with Gasteiger partial charge in [-0.25, -0.2) is 4.98 Å². The maximum atomic E-state index is 5.67. The Kier molecular flexibility index (Phi) is 2.29. The van der Waals surface area contributed by atoms with Crippen LogP contribution in [0.4, 0.5) is 5.69 Å². The van der Waals surface area contributed by atoms with E-state index in [1.54, 1.807) is 0 Å². The Labute approximate surface area is 99.5 Å². The van der Waals surface area contributed by atoms with Crippen molar-refractivity contribution in [1.29, 1.82) is 0 Å². The number of imidazole rings is 1. The minimum atomic E-state index is 0.798. The molecule has 0 fully saturated rings. The van der Waals surface area contributed by atoms with Crippen LogP contribution < -0.4 is 5.73 Å². The minimum absolute atomic E-state index is 0.798. The van der Waals surface area contributed by atoms with Gasteiger partial charge < -0.3 is 10.1 Å². The number of nitrogen functional groups attached to an aromatic ring is 1. The first kappa shape index (κ1) is 9.90. The number of hydrogen-bond donors (Lipinski definition) is 1. The summed E-state index contributed by atoms with van der Waals surface area (Å²) in [5.41, 5.74) is 9.88. The van der Waals surface area contributed by atoms with Crippen molar-refractivity contribution in [3.8, 4) is 0 Å². The summed E-state index contributed by atoms with van der Waals surface area (Å²) in [6.45, 7) is 0. The third kappa shape index (κ3) is 1.87. The first-order valence-corrected chi connectivity index (χ1v) is 5.58. The Bertz CT molecular complexity index is 638. The highest BCUT2D eigenvalue weighted by Gasteiger charge is 2.03. The van der Waals surface area contributed by atoms with Crippen molar-refractivity contribution in [3.05, 3.63) is 66.1 Å². The molecule has 0 aliphatic carbocycles. The molecule has 17 heavy (non-hydrogen) atoms. The lowest BCUT2D eigenvalue weighted by atomic mass is 10.1. The average molecular weight is 223 g/mol. The van der Waals surface area contributed by atoms with E-state index in [2.05, 4.69) is 21.5 Å². The van der Waals surface area contributed by atoms with Crippen molar-refractivity contribution in [1.82, 2.24) is 9.38 Å². The fourth-order valence-corrected chi connectivity index (χ4v) is 1.96. The first-order valence-electron chi connectivity index (χ1n) is 5.58. The lowest BCUT2D eigenvalue weighted by Crippen LogP contribution is -1.94. The molecule has 0 radical (unpaired) electrons. The molecule has 84 valence electrons. The van der Waals surface area contributed by atoms with E-state index in [0.717, 1.165) is 17.8 Å². The number of rotatable bonds is 2. The zero-order valence-corrected chi connectivity index (χ0v) is 9.38. The predicted octanol–water partition coefficient (Wildman–Crippen LogP) is 2.51. The molecule has 0 saturated carbocycles. The van der Waals surface area contributed by atoms with Crippen molar-refractivity contribution in [2.75, 3.05) is 5.73 Å². The van der Waals surface area contributed by atoms with Gasteiger partial charge in [-0.05, 0) is 29.8 Å². The fraction of sp³-hybridized carbons (Fsp3) is 0.0714. The summed E-state index contributed by atoms with van der Waals surface area (Å²) < 4.78 is 2.11.